The summed E-state index contributed by atoms with van der Waals surface area (Å²) in [5.74, 6) is 0.315. The van der Waals surface area contributed by atoms with Crippen molar-refractivity contribution < 1.29 is 9.90 Å². The number of hydrogen-bond acceptors (Lipinski definition) is 3. The average Bonchev–Trinajstić information content (AvgIpc) is 2.41. The summed E-state index contributed by atoms with van der Waals surface area (Å²) >= 11 is 11.7. The highest BCUT2D eigenvalue weighted by molar-refractivity contribution is 6.34. The van der Waals surface area contributed by atoms with Gasteiger partial charge in [-0.1, -0.05) is 30.1 Å². The number of nitrogens with zero attached hydrogens (tertiary/aromatic N) is 1. The van der Waals surface area contributed by atoms with E-state index in [-0.39, 0.29) is 28.4 Å². The van der Waals surface area contributed by atoms with Crippen LogP contribution in [0.25, 0.3) is 0 Å². The molecule has 20 heavy (non-hydrogen) atoms. The highest BCUT2D eigenvalue weighted by Gasteiger charge is 2.35. The van der Waals surface area contributed by atoms with E-state index in [0.717, 1.165) is 25.7 Å². The molecular formula is C14H18Cl2N2O2. The molecule has 0 aliphatic heterocycles. The molecule has 1 amide bonds. The van der Waals surface area contributed by atoms with Gasteiger partial charge in [0.15, 0.2) is 0 Å². The zero-order valence-electron chi connectivity index (χ0n) is 11.3. The lowest BCUT2D eigenvalue weighted by molar-refractivity contribution is 0.0717. The molecule has 4 nitrogen and oxygen atoms in total. The Bertz CT molecular complexity index is 500. The number of carbonyl (C=O) groups excluding carboxylic acids is 1. The third-order valence-electron chi connectivity index (χ3n) is 3.97. The van der Waals surface area contributed by atoms with E-state index in [1.54, 1.807) is 6.07 Å². The largest absolute Gasteiger partial charge is 0.394 e. The highest BCUT2D eigenvalue weighted by Crippen LogP contribution is 2.32. The first kappa shape index (κ1) is 15.5. The fraction of sp³-hybridized carbons (Fsp3) is 0.571. The van der Waals surface area contributed by atoms with Crippen LogP contribution in [0.2, 0.25) is 10.3 Å². The van der Waals surface area contributed by atoms with E-state index in [9.17, 15) is 9.90 Å². The Morgan fingerprint density at radius 1 is 1.45 bits per heavy atom. The molecule has 0 atom stereocenters. The summed E-state index contributed by atoms with van der Waals surface area (Å²) in [5.41, 5.74) is -0.269. The number of aliphatic hydroxyl groups excluding tert-OH is 1. The number of halogens is 2. The number of nitrogens with one attached hydrogen (secondary N) is 1. The van der Waals surface area contributed by atoms with Gasteiger partial charge in [-0.2, -0.15) is 0 Å². The maximum absolute atomic E-state index is 12.3. The molecule has 1 aromatic heterocycles. The normalized spacial score (nSPS) is 26.3. The molecule has 1 aliphatic rings. The van der Waals surface area contributed by atoms with E-state index in [1.807, 2.05) is 0 Å². The Morgan fingerprint density at radius 3 is 2.65 bits per heavy atom. The summed E-state index contributed by atoms with van der Waals surface area (Å²) in [6.07, 6.45) is 3.53. The van der Waals surface area contributed by atoms with Crippen LogP contribution in [0.4, 0.5) is 0 Å². The van der Waals surface area contributed by atoms with Crippen LogP contribution in [0, 0.1) is 5.92 Å². The Balaban J connectivity index is 2.13. The van der Waals surface area contributed by atoms with Crippen LogP contribution < -0.4 is 5.32 Å². The molecule has 1 aromatic rings. The first-order chi connectivity index (χ1) is 9.46. The van der Waals surface area contributed by atoms with Crippen LogP contribution in [0.5, 0.6) is 0 Å². The van der Waals surface area contributed by atoms with Crippen LogP contribution in [0.15, 0.2) is 12.1 Å². The van der Waals surface area contributed by atoms with Gasteiger partial charge in [0.25, 0.3) is 5.91 Å². The van der Waals surface area contributed by atoms with E-state index in [0.29, 0.717) is 5.92 Å². The van der Waals surface area contributed by atoms with E-state index >= 15 is 0 Å². The van der Waals surface area contributed by atoms with Gasteiger partial charge in [-0.15, -0.1) is 0 Å². The van der Waals surface area contributed by atoms with Crippen LogP contribution >= 0.6 is 23.2 Å². The molecule has 0 spiro atoms. The highest BCUT2D eigenvalue weighted by atomic mass is 35.5. The lowest BCUT2D eigenvalue weighted by Gasteiger charge is -2.38. The molecule has 0 unspecified atom stereocenters. The van der Waals surface area contributed by atoms with E-state index < -0.39 is 5.54 Å². The van der Waals surface area contributed by atoms with Crippen molar-refractivity contribution in [1.82, 2.24) is 10.3 Å². The van der Waals surface area contributed by atoms with Crippen molar-refractivity contribution in [2.75, 3.05) is 6.61 Å². The number of amides is 1. The monoisotopic (exact) mass is 316 g/mol. The van der Waals surface area contributed by atoms with Crippen molar-refractivity contribution in [3.8, 4) is 0 Å². The summed E-state index contributed by atoms with van der Waals surface area (Å²) in [6, 6.07) is 3.07. The van der Waals surface area contributed by atoms with Crippen molar-refractivity contribution in [2.24, 2.45) is 5.92 Å². The molecule has 0 saturated heterocycles. The number of pyridine rings is 1. The summed E-state index contributed by atoms with van der Waals surface area (Å²) in [6.45, 7) is 2.12. The quantitative estimate of drug-likeness (QED) is 0.842. The standard InChI is InChI=1S/C14H18Cl2N2O2/c1-9-4-6-14(8-19,7-5-9)18-13(20)10-2-3-11(15)17-12(10)16/h2-3,9,19H,4-8H2,1H3,(H,18,20). The second kappa shape index (κ2) is 6.29. The van der Waals surface area contributed by atoms with E-state index in [4.69, 9.17) is 23.2 Å². The van der Waals surface area contributed by atoms with Crippen LogP contribution in [-0.2, 0) is 0 Å². The lowest BCUT2D eigenvalue weighted by Crippen LogP contribution is -2.53. The van der Waals surface area contributed by atoms with Crippen molar-refractivity contribution >= 4 is 29.1 Å². The predicted molar refractivity (Wildman–Crippen MR) is 79.2 cm³/mol. The second-order valence-corrected chi connectivity index (χ2v) is 6.29. The molecule has 0 aromatic carbocycles. The summed E-state index contributed by atoms with van der Waals surface area (Å²) in [7, 11) is 0. The third kappa shape index (κ3) is 3.43. The molecule has 1 saturated carbocycles. The van der Waals surface area contributed by atoms with Gasteiger partial charge in [-0.05, 0) is 43.7 Å². The zero-order chi connectivity index (χ0) is 14.8. The molecule has 1 aliphatic carbocycles. The minimum Gasteiger partial charge on any atom is -0.394 e. The Hall–Kier alpha value is -0.840. The SMILES string of the molecule is CC1CCC(CO)(NC(=O)c2ccc(Cl)nc2Cl)CC1. The van der Waals surface area contributed by atoms with Gasteiger partial charge in [0, 0.05) is 0 Å². The number of aromatic nitrogens is 1. The summed E-state index contributed by atoms with van der Waals surface area (Å²) < 4.78 is 0. The zero-order valence-corrected chi connectivity index (χ0v) is 12.8. The van der Waals surface area contributed by atoms with Crippen LogP contribution in [-0.4, -0.2) is 28.1 Å². The van der Waals surface area contributed by atoms with Crippen molar-refractivity contribution in [2.45, 2.75) is 38.1 Å². The van der Waals surface area contributed by atoms with Gasteiger partial charge in [0.1, 0.15) is 10.3 Å². The molecule has 2 N–H and O–H groups in total. The van der Waals surface area contributed by atoms with Crippen molar-refractivity contribution in [3.05, 3.63) is 28.0 Å². The third-order valence-corrected chi connectivity index (χ3v) is 4.47. The number of aliphatic hydroxyl groups is 1. The number of carbonyl (C=O) groups is 1. The maximum Gasteiger partial charge on any atom is 0.254 e. The molecule has 110 valence electrons. The van der Waals surface area contributed by atoms with Crippen molar-refractivity contribution in [1.29, 1.82) is 0 Å². The fourth-order valence-corrected chi connectivity index (χ4v) is 2.96. The van der Waals surface area contributed by atoms with Gasteiger partial charge in [0.05, 0.1) is 17.7 Å². The molecule has 0 radical (unpaired) electrons. The number of hydrogen-bond donors (Lipinski definition) is 2. The average molecular weight is 317 g/mol. The molecular weight excluding hydrogens is 299 g/mol. The summed E-state index contributed by atoms with van der Waals surface area (Å²) in [5, 5.41) is 12.9. The van der Waals surface area contributed by atoms with Crippen LogP contribution in [0.1, 0.15) is 43.0 Å². The lowest BCUT2D eigenvalue weighted by atomic mass is 9.77. The van der Waals surface area contributed by atoms with E-state index in [2.05, 4.69) is 17.2 Å². The molecule has 0 bridgehead atoms. The van der Waals surface area contributed by atoms with Crippen LogP contribution in [0.3, 0.4) is 0 Å². The predicted octanol–water partition coefficient (Wildman–Crippen LogP) is 3.06. The molecule has 1 heterocycles. The second-order valence-electron chi connectivity index (χ2n) is 5.55. The van der Waals surface area contributed by atoms with Gasteiger partial charge in [-0.3, -0.25) is 4.79 Å². The Kier molecular flexibility index (Phi) is 4.89. The van der Waals surface area contributed by atoms with E-state index in [1.165, 1.54) is 6.07 Å². The molecule has 2 rings (SSSR count). The van der Waals surface area contributed by atoms with Gasteiger partial charge >= 0.3 is 0 Å². The number of rotatable bonds is 3. The molecule has 6 heteroatoms. The fourth-order valence-electron chi connectivity index (χ4n) is 2.53. The Labute approximate surface area is 128 Å². The first-order valence-electron chi connectivity index (χ1n) is 6.71. The minimum atomic E-state index is -0.549. The van der Waals surface area contributed by atoms with Gasteiger partial charge in [0.2, 0.25) is 0 Å². The smallest absolute Gasteiger partial charge is 0.254 e. The van der Waals surface area contributed by atoms with Gasteiger partial charge in [-0.25, -0.2) is 4.98 Å². The Morgan fingerprint density at radius 2 is 2.10 bits per heavy atom. The topological polar surface area (TPSA) is 62.2 Å². The summed E-state index contributed by atoms with van der Waals surface area (Å²) in [4.78, 5) is 16.2. The van der Waals surface area contributed by atoms with Gasteiger partial charge < -0.3 is 10.4 Å². The first-order valence-corrected chi connectivity index (χ1v) is 7.47. The maximum atomic E-state index is 12.3. The minimum absolute atomic E-state index is 0.0654. The van der Waals surface area contributed by atoms with Crippen molar-refractivity contribution in [3.63, 3.8) is 0 Å². The molecule has 1 fully saturated rings.